The summed E-state index contributed by atoms with van der Waals surface area (Å²) in [5, 5.41) is 5.60. The summed E-state index contributed by atoms with van der Waals surface area (Å²) in [7, 11) is 1.75. The van der Waals surface area contributed by atoms with Crippen molar-refractivity contribution in [2.45, 2.75) is 69.6 Å². The van der Waals surface area contributed by atoms with Gasteiger partial charge >= 0.3 is 0 Å². The van der Waals surface area contributed by atoms with Crippen molar-refractivity contribution in [3.63, 3.8) is 0 Å². The van der Waals surface area contributed by atoms with Crippen LogP contribution in [0.2, 0.25) is 0 Å². The SMILES string of the molecule is CCCNCc1sc(CSC2CCCCC2)nc1COC. The molecule has 1 heterocycles. The third-order valence-electron chi connectivity index (χ3n) is 3.81. The first-order chi connectivity index (χ1) is 10.3. The van der Waals surface area contributed by atoms with Crippen molar-refractivity contribution in [1.29, 1.82) is 0 Å². The van der Waals surface area contributed by atoms with Gasteiger partial charge in [-0.25, -0.2) is 4.98 Å². The molecular weight excluding hydrogens is 300 g/mol. The van der Waals surface area contributed by atoms with Gasteiger partial charge in [0.25, 0.3) is 0 Å². The van der Waals surface area contributed by atoms with E-state index in [2.05, 4.69) is 24.0 Å². The van der Waals surface area contributed by atoms with E-state index in [0.29, 0.717) is 6.61 Å². The Morgan fingerprint density at radius 3 is 2.86 bits per heavy atom. The highest BCUT2D eigenvalue weighted by Gasteiger charge is 2.16. The van der Waals surface area contributed by atoms with Gasteiger partial charge in [-0.3, -0.25) is 0 Å². The third kappa shape index (κ3) is 5.89. The lowest BCUT2D eigenvalue weighted by atomic mass is 10.0. The summed E-state index contributed by atoms with van der Waals surface area (Å²) in [6.45, 7) is 4.82. The molecule has 0 spiro atoms. The molecular formula is C16H28N2OS2. The Labute approximate surface area is 137 Å². The molecule has 0 saturated heterocycles. The van der Waals surface area contributed by atoms with Crippen LogP contribution in [0.15, 0.2) is 0 Å². The zero-order chi connectivity index (χ0) is 14.9. The third-order valence-corrected chi connectivity index (χ3v) is 6.47. The summed E-state index contributed by atoms with van der Waals surface area (Å²) < 4.78 is 5.29. The normalized spacial score (nSPS) is 16.5. The number of hydrogen-bond acceptors (Lipinski definition) is 5. The molecule has 5 heteroatoms. The number of ether oxygens (including phenoxy) is 1. The van der Waals surface area contributed by atoms with E-state index in [9.17, 15) is 0 Å². The second-order valence-electron chi connectivity index (χ2n) is 5.66. The number of thioether (sulfide) groups is 1. The maximum Gasteiger partial charge on any atom is 0.103 e. The molecule has 1 aromatic rings. The van der Waals surface area contributed by atoms with Crippen LogP contribution in [0.5, 0.6) is 0 Å². The smallest absolute Gasteiger partial charge is 0.103 e. The van der Waals surface area contributed by atoms with Gasteiger partial charge in [-0.2, -0.15) is 11.8 Å². The minimum Gasteiger partial charge on any atom is -0.378 e. The first kappa shape index (κ1) is 17.3. The molecule has 0 radical (unpaired) electrons. The topological polar surface area (TPSA) is 34.2 Å². The number of aromatic nitrogens is 1. The second kappa shape index (κ2) is 9.82. The fourth-order valence-corrected chi connectivity index (χ4v) is 5.07. The average molecular weight is 329 g/mol. The summed E-state index contributed by atoms with van der Waals surface area (Å²) in [5.41, 5.74) is 1.13. The lowest BCUT2D eigenvalue weighted by Gasteiger charge is -2.20. The van der Waals surface area contributed by atoms with Crippen LogP contribution in [0.25, 0.3) is 0 Å². The highest BCUT2D eigenvalue weighted by molar-refractivity contribution is 7.99. The summed E-state index contributed by atoms with van der Waals surface area (Å²) in [4.78, 5) is 6.15. The van der Waals surface area contributed by atoms with Gasteiger partial charge in [0.15, 0.2) is 0 Å². The maximum atomic E-state index is 5.29. The Morgan fingerprint density at radius 1 is 1.33 bits per heavy atom. The van der Waals surface area contributed by atoms with Gasteiger partial charge in [0, 0.05) is 29.5 Å². The first-order valence-corrected chi connectivity index (χ1v) is 9.98. The second-order valence-corrected chi connectivity index (χ2v) is 8.12. The van der Waals surface area contributed by atoms with Crippen molar-refractivity contribution < 1.29 is 4.74 Å². The Bertz CT molecular complexity index is 403. The lowest BCUT2D eigenvalue weighted by molar-refractivity contribution is 0.181. The van der Waals surface area contributed by atoms with Gasteiger partial charge in [-0.15, -0.1) is 11.3 Å². The van der Waals surface area contributed by atoms with Crippen LogP contribution in [0.1, 0.15) is 61.0 Å². The van der Waals surface area contributed by atoms with Gasteiger partial charge < -0.3 is 10.1 Å². The van der Waals surface area contributed by atoms with E-state index in [1.807, 2.05) is 11.3 Å². The van der Waals surface area contributed by atoms with E-state index >= 15 is 0 Å². The first-order valence-electron chi connectivity index (χ1n) is 8.12. The van der Waals surface area contributed by atoms with E-state index in [-0.39, 0.29) is 0 Å². The fraction of sp³-hybridized carbons (Fsp3) is 0.812. The Morgan fingerprint density at radius 2 is 2.14 bits per heavy atom. The van der Waals surface area contributed by atoms with Crippen molar-refractivity contribution in [3.8, 4) is 0 Å². The molecule has 120 valence electrons. The maximum absolute atomic E-state index is 5.29. The summed E-state index contributed by atoms with van der Waals surface area (Å²) >= 11 is 3.97. The standard InChI is InChI=1S/C16H28N2OS2/c1-3-9-17-10-15-14(11-19-2)18-16(21-15)12-20-13-7-5-4-6-8-13/h13,17H,3-12H2,1-2H3. The molecule has 0 aromatic carbocycles. The number of hydrogen-bond donors (Lipinski definition) is 1. The van der Waals surface area contributed by atoms with Gasteiger partial charge in [0.2, 0.25) is 0 Å². The van der Waals surface area contributed by atoms with Gasteiger partial charge in [-0.1, -0.05) is 26.2 Å². The van der Waals surface area contributed by atoms with Crippen molar-refractivity contribution in [2.24, 2.45) is 0 Å². The Balaban J connectivity index is 1.87. The highest BCUT2D eigenvalue weighted by atomic mass is 32.2. The van der Waals surface area contributed by atoms with Crippen LogP contribution < -0.4 is 5.32 Å². The monoisotopic (exact) mass is 328 g/mol. The van der Waals surface area contributed by atoms with Crippen LogP contribution in [-0.4, -0.2) is 23.9 Å². The van der Waals surface area contributed by atoms with Crippen molar-refractivity contribution in [2.75, 3.05) is 13.7 Å². The average Bonchev–Trinajstić information content (AvgIpc) is 2.89. The van der Waals surface area contributed by atoms with E-state index in [1.165, 1.54) is 48.4 Å². The van der Waals surface area contributed by atoms with E-state index in [0.717, 1.165) is 29.8 Å². The molecule has 2 rings (SSSR count). The number of nitrogens with zero attached hydrogens (tertiary/aromatic N) is 1. The molecule has 0 amide bonds. The predicted octanol–water partition coefficient (Wildman–Crippen LogP) is 4.36. The van der Waals surface area contributed by atoms with Crippen LogP contribution in [0.4, 0.5) is 0 Å². The molecule has 1 aliphatic rings. The van der Waals surface area contributed by atoms with Crippen LogP contribution in [-0.2, 0) is 23.6 Å². The minimum atomic E-state index is 0.633. The summed E-state index contributed by atoms with van der Waals surface area (Å²) in [6, 6.07) is 0. The van der Waals surface area contributed by atoms with Crippen molar-refractivity contribution in [1.82, 2.24) is 10.3 Å². The number of nitrogens with one attached hydrogen (secondary N) is 1. The molecule has 1 fully saturated rings. The van der Waals surface area contributed by atoms with Crippen molar-refractivity contribution >= 4 is 23.1 Å². The minimum absolute atomic E-state index is 0.633. The Hall–Kier alpha value is -0.100. The van der Waals surface area contributed by atoms with E-state index in [4.69, 9.17) is 9.72 Å². The molecule has 21 heavy (non-hydrogen) atoms. The van der Waals surface area contributed by atoms with Crippen molar-refractivity contribution in [3.05, 3.63) is 15.6 Å². The largest absolute Gasteiger partial charge is 0.378 e. The summed E-state index contributed by atoms with van der Waals surface area (Å²) in [6.07, 6.45) is 8.22. The molecule has 3 nitrogen and oxygen atoms in total. The van der Waals surface area contributed by atoms with E-state index < -0.39 is 0 Å². The molecule has 1 saturated carbocycles. The molecule has 1 N–H and O–H groups in total. The molecule has 1 aliphatic carbocycles. The highest BCUT2D eigenvalue weighted by Crippen LogP contribution is 2.32. The number of rotatable bonds is 9. The number of thiazole rings is 1. The Kier molecular flexibility index (Phi) is 8.07. The molecule has 0 atom stereocenters. The molecule has 0 aliphatic heterocycles. The molecule has 0 bridgehead atoms. The predicted molar refractivity (Wildman–Crippen MR) is 93.0 cm³/mol. The quantitative estimate of drug-likeness (QED) is 0.683. The lowest BCUT2D eigenvalue weighted by Crippen LogP contribution is -2.14. The summed E-state index contributed by atoms with van der Waals surface area (Å²) in [5.74, 6) is 1.07. The van der Waals surface area contributed by atoms with Crippen LogP contribution in [0.3, 0.4) is 0 Å². The van der Waals surface area contributed by atoms with Crippen LogP contribution in [0, 0.1) is 0 Å². The van der Waals surface area contributed by atoms with Gasteiger partial charge in [0.05, 0.1) is 12.3 Å². The van der Waals surface area contributed by atoms with Crippen LogP contribution >= 0.6 is 23.1 Å². The fourth-order valence-electron chi connectivity index (χ4n) is 2.69. The zero-order valence-corrected chi connectivity index (χ0v) is 15.0. The van der Waals surface area contributed by atoms with Gasteiger partial charge in [-0.05, 0) is 25.8 Å². The number of methoxy groups -OCH3 is 1. The molecule has 1 aromatic heterocycles. The zero-order valence-electron chi connectivity index (χ0n) is 13.3. The van der Waals surface area contributed by atoms with E-state index in [1.54, 1.807) is 7.11 Å². The van der Waals surface area contributed by atoms with Gasteiger partial charge in [0.1, 0.15) is 5.01 Å². The molecule has 0 unspecified atom stereocenters.